The normalized spacial score (nSPS) is 15.7. The van der Waals surface area contributed by atoms with Crippen LogP contribution in [0.15, 0.2) is 23.0 Å². The fourth-order valence-electron chi connectivity index (χ4n) is 1.70. The van der Waals surface area contributed by atoms with E-state index in [0.717, 1.165) is 17.9 Å². The third-order valence-corrected chi connectivity index (χ3v) is 2.96. The van der Waals surface area contributed by atoms with Crippen LogP contribution >= 0.6 is 12.2 Å². The van der Waals surface area contributed by atoms with Gasteiger partial charge >= 0.3 is 0 Å². The largest absolute Gasteiger partial charge is 0.472 e. The fourth-order valence-corrected chi connectivity index (χ4v) is 1.90. The standard InChI is InChI=1S/C10H11N3OS/c15-10-12-11-9(8-1-2-8)13(10)5-7-3-4-14-6-7/h3-4,6,8H,1-2,5H2,(H,12,15). The molecule has 0 aliphatic heterocycles. The molecule has 15 heavy (non-hydrogen) atoms. The van der Waals surface area contributed by atoms with Crippen molar-refractivity contribution in [3.63, 3.8) is 0 Å². The summed E-state index contributed by atoms with van der Waals surface area (Å²) in [6.45, 7) is 0.748. The zero-order chi connectivity index (χ0) is 10.3. The van der Waals surface area contributed by atoms with Gasteiger partial charge in [-0.15, -0.1) is 0 Å². The zero-order valence-corrected chi connectivity index (χ0v) is 8.96. The maximum Gasteiger partial charge on any atom is 0.195 e. The SMILES string of the molecule is S=c1[nH]nc(C2CC2)n1Cc1ccoc1. The Kier molecular flexibility index (Phi) is 1.98. The summed E-state index contributed by atoms with van der Waals surface area (Å²) in [5.41, 5.74) is 1.12. The van der Waals surface area contributed by atoms with E-state index in [2.05, 4.69) is 14.8 Å². The third-order valence-electron chi connectivity index (χ3n) is 2.65. The first kappa shape index (κ1) is 8.91. The van der Waals surface area contributed by atoms with Crippen molar-refractivity contribution in [3.8, 4) is 0 Å². The van der Waals surface area contributed by atoms with Crippen molar-refractivity contribution in [3.05, 3.63) is 34.8 Å². The van der Waals surface area contributed by atoms with E-state index in [1.165, 1.54) is 12.8 Å². The molecule has 0 radical (unpaired) electrons. The van der Waals surface area contributed by atoms with Crippen molar-refractivity contribution in [2.24, 2.45) is 0 Å². The highest BCUT2D eigenvalue weighted by atomic mass is 32.1. The Balaban J connectivity index is 1.96. The summed E-state index contributed by atoms with van der Waals surface area (Å²) in [5.74, 6) is 1.69. The highest BCUT2D eigenvalue weighted by molar-refractivity contribution is 7.71. The molecule has 1 N–H and O–H groups in total. The Bertz CT molecular complexity index is 507. The van der Waals surface area contributed by atoms with Crippen LogP contribution < -0.4 is 0 Å². The summed E-state index contributed by atoms with van der Waals surface area (Å²) in [7, 11) is 0. The van der Waals surface area contributed by atoms with Gasteiger partial charge in [0, 0.05) is 11.5 Å². The minimum Gasteiger partial charge on any atom is -0.472 e. The number of aromatic amines is 1. The number of furan rings is 1. The lowest BCUT2D eigenvalue weighted by Gasteiger charge is -2.02. The van der Waals surface area contributed by atoms with E-state index in [-0.39, 0.29) is 0 Å². The van der Waals surface area contributed by atoms with E-state index < -0.39 is 0 Å². The molecule has 1 aliphatic rings. The minimum absolute atomic E-state index is 0.602. The number of rotatable bonds is 3. The molecule has 0 atom stereocenters. The van der Waals surface area contributed by atoms with Crippen LogP contribution in [0.25, 0.3) is 0 Å². The lowest BCUT2D eigenvalue weighted by atomic mass is 10.3. The molecule has 3 rings (SSSR count). The van der Waals surface area contributed by atoms with Gasteiger partial charge in [-0.1, -0.05) is 0 Å². The van der Waals surface area contributed by atoms with Gasteiger partial charge in [0.15, 0.2) is 4.77 Å². The molecule has 78 valence electrons. The molecular formula is C10H11N3OS. The predicted octanol–water partition coefficient (Wildman–Crippen LogP) is 2.46. The highest BCUT2D eigenvalue weighted by Crippen LogP contribution is 2.38. The molecule has 4 nitrogen and oxygen atoms in total. The Labute approximate surface area is 91.9 Å². The Morgan fingerprint density at radius 3 is 3.13 bits per heavy atom. The van der Waals surface area contributed by atoms with Gasteiger partial charge in [0.1, 0.15) is 5.82 Å². The lowest BCUT2D eigenvalue weighted by molar-refractivity contribution is 0.561. The molecule has 0 bridgehead atoms. The first-order chi connectivity index (χ1) is 7.34. The number of nitrogens with one attached hydrogen (secondary N) is 1. The first-order valence-electron chi connectivity index (χ1n) is 5.01. The molecule has 0 spiro atoms. The molecule has 1 saturated carbocycles. The number of H-pyrrole nitrogens is 1. The summed E-state index contributed by atoms with van der Waals surface area (Å²) in [5, 5.41) is 7.13. The van der Waals surface area contributed by atoms with Crippen LogP contribution in [0.2, 0.25) is 0 Å². The van der Waals surface area contributed by atoms with Gasteiger partial charge in [-0.3, -0.25) is 9.67 Å². The topological polar surface area (TPSA) is 46.8 Å². The van der Waals surface area contributed by atoms with Crippen LogP contribution in [0.5, 0.6) is 0 Å². The van der Waals surface area contributed by atoms with Crippen molar-refractivity contribution < 1.29 is 4.42 Å². The Morgan fingerprint density at radius 2 is 2.47 bits per heavy atom. The molecule has 0 unspecified atom stereocenters. The molecule has 0 aromatic carbocycles. The van der Waals surface area contributed by atoms with Crippen LogP contribution in [0.4, 0.5) is 0 Å². The molecule has 2 aromatic heterocycles. The average molecular weight is 221 g/mol. The molecule has 5 heteroatoms. The minimum atomic E-state index is 0.602. The molecule has 0 saturated heterocycles. The predicted molar refractivity (Wildman–Crippen MR) is 57.2 cm³/mol. The van der Waals surface area contributed by atoms with E-state index >= 15 is 0 Å². The number of nitrogens with zero attached hydrogens (tertiary/aromatic N) is 2. The van der Waals surface area contributed by atoms with Crippen LogP contribution in [-0.4, -0.2) is 14.8 Å². The van der Waals surface area contributed by atoms with Crippen molar-refractivity contribution in [1.82, 2.24) is 14.8 Å². The van der Waals surface area contributed by atoms with Crippen LogP contribution in [-0.2, 0) is 6.54 Å². The maximum absolute atomic E-state index is 5.21. The molecule has 1 aliphatic carbocycles. The monoisotopic (exact) mass is 221 g/mol. The van der Waals surface area contributed by atoms with E-state index in [4.69, 9.17) is 16.6 Å². The summed E-state index contributed by atoms with van der Waals surface area (Å²) in [6.07, 6.45) is 5.87. The van der Waals surface area contributed by atoms with Gasteiger partial charge in [0.05, 0.1) is 19.1 Å². The molecule has 0 amide bonds. The van der Waals surface area contributed by atoms with Gasteiger partial charge < -0.3 is 4.42 Å². The smallest absolute Gasteiger partial charge is 0.195 e. The zero-order valence-electron chi connectivity index (χ0n) is 8.14. The Hall–Kier alpha value is -1.36. The fraction of sp³-hybridized carbons (Fsp3) is 0.400. The maximum atomic E-state index is 5.21. The van der Waals surface area contributed by atoms with Crippen molar-refractivity contribution in [2.45, 2.75) is 25.3 Å². The third kappa shape index (κ3) is 1.63. The van der Waals surface area contributed by atoms with Gasteiger partial charge in [0.2, 0.25) is 0 Å². The molecular weight excluding hydrogens is 210 g/mol. The molecule has 2 heterocycles. The lowest BCUT2D eigenvalue weighted by Crippen LogP contribution is -2.03. The average Bonchev–Trinajstić information content (AvgIpc) is 2.82. The van der Waals surface area contributed by atoms with E-state index in [1.54, 1.807) is 12.5 Å². The van der Waals surface area contributed by atoms with Crippen LogP contribution in [0.1, 0.15) is 30.1 Å². The summed E-state index contributed by atoms with van der Waals surface area (Å²) in [6, 6.07) is 1.95. The van der Waals surface area contributed by atoms with E-state index in [0.29, 0.717) is 10.7 Å². The van der Waals surface area contributed by atoms with E-state index in [1.807, 2.05) is 6.07 Å². The highest BCUT2D eigenvalue weighted by Gasteiger charge is 2.28. The van der Waals surface area contributed by atoms with Crippen molar-refractivity contribution in [2.75, 3.05) is 0 Å². The summed E-state index contributed by atoms with van der Waals surface area (Å²) < 4.78 is 7.79. The van der Waals surface area contributed by atoms with Gasteiger partial charge in [-0.2, -0.15) is 5.10 Å². The second-order valence-electron chi connectivity index (χ2n) is 3.88. The summed E-state index contributed by atoms with van der Waals surface area (Å²) in [4.78, 5) is 0. The van der Waals surface area contributed by atoms with Gasteiger partial charge in [-0.25, -0.2) is 0 Å². The second-order valence-corrected chi connectivity index (χ2v) is 4.27. The van der Waals surface area contributed by atoms with Crippen molar-refractivity contribution >= 4 is 12.2 Å². The number of hydrogen-bond donors (Lipinski definition) is 1. The van der Waals surface area contributed by atoms with E-state index in [9.17, 15) is 0 Å². The number of aromatic nitrogens is 3. The summed E-state index contributed by atoms with van der Waals surface area (Å²) >= 11 is 5.21. The molecule has 2 aromatic rings. The van der Waals surface area contributed by atoms with Gasteiger partial charge in [-0.05, 0) is 31.1 Å². The van der Waals surface area contributed by atoms with Crippen LogP contribution in [0.3, 0.4) is 0 Å². The molecule has 1 fully saturated rings. The second kappa shape index (κ2) is 3.34. The Morgan fingerprint density at radius 1 is 1.60 bits per heavy atom. The quantitative estimate of drug-likeness (QED) is 0.810. The van der Waals surface area contributed by atoms with Gasteiger partial charge in [0.25, 0.3) is 0 Å². The van der Waals surface area contributed by atoms with Crippen LogP contribution in [0, 0.1) is 4.77 Å². The number of hydrogen-bond acceptors (Lipinski definition) is 3. The first-order valence-corrected chi connectivity index (χ1v) is 5.41. The van der Waals surface area contributed by atoms with Crippen molar-refractivity contribution in [1.29, 1.82) is 0 Å².